The molecular formula is C22H24ClF3N8O. The van der Waals surface area contributed by atoms with E-state index >= 15 is 0 Å². The molecule has 1 saturated carbocycles. The predicted molar refractivity (Wildman–Crippen MR) is 127 cm³/mol. The Kier molecular flexibility index (Phi) is 5.46. The van der Waals surface area contributed by atoms with E-state index in [1.54, 1.807) is 17.2 Å². The Bertz CT molecular complexity index is 1230. The normalized spacial score (nSPS) is 20.1. The van der Waals surface area contributed by atoms with Crippen molar-refractivity contribution in [1.29, 1.82) is 10.8 Å². The zero-order chi connectivity index (χ0) is 25.1. The second-order valence-corrected chi connectivity index (χ2v) is 9.61. The Morgan fingerprint density at radius 1 is 1.17 bits per heavy atom. The fourth-order valence-electron chi connectivity index (χ4n) is 4.99. The standard InChI is InChI=1S/C22H24ClF3N8O/c23-13-1-2-16-14(9-13)18(15(27)10-30-16)32-6-8-34(21(12-32)3-4-21)20(35)31-5-7-33(17(28)11-31)19(29)22(24,25)26/h1-2,9-10,28-29H,3-8,11-12,27H2. The Balaban J connectivity index is 1.32. The summed E-state index contributed by atoms with van der Waals surface area (Å²) in [5.74, 6) is -1.99. The lowest BCUT2D eigenvalue weighted by Gasteiger charge is -2.46. The Morgan fingerprint density at radius 2 is 1.91 bits per heavy atom. The lowest BCUT2D eigenvalue weighted by atomic mass is 10.1. The number of carbonyl (C=O) groups is 1. The van der Waals surface area contributed by atoms with Gasteiger partial charge in [-0.2, -0.15) is 13.2 Å². The third kappa shape index (κ3) is 4.09. The van der Waals surface area contributed by atoms with Crippen molar-refractivity contribution >= 4 is 51.6 Å². The number of aromatic nitrogens is 1. The minimum atomic E-state index is -4.84. The summed E-state index contributed by atoms with van der Waals surface area (Å²) in [7, 11) is 0. The summed E-state index contributed by atoms with van der Waals surface area (Å²) in [4.78, 5) is 23.7. The van der Waals surface area contributed by atoms with Crippen molar-refractivity contribution < 1.29 is 18.0 Å². The first-order valence-corrected chi connectivity index (χ1v) is 11.5. The first-order valence-electron chi connectivity index (χ1n) is 11.2. The molecule has 2 amide bonds. The number of hydrogen-bond acceptors (Lipinski definition) is 6. The average molecular weight is 509 g/mol. The summed E-state index contributed by atoms with van der Waals surface area (Å²) in [6, 6.07) is 5.14. The van der Waals surface area contributed by atoms with Crippen LogP contribution in [0.4, 0.5) is 29.3 Å². The maximum Gasteiger partial charge on any atom is 0.449 e. The molecule has 1 spiro atoms. The summed E-state index contributed by atoms with van der Waals surface area (Å²) in [6.45, 7) is 0.985. The highest BCUT2D eigenvalue weighted by molar-refractivity contribution is 6.31. The second-order valence-electron chi connectivity index (χ2n) is 9.17. The highest BCUT2D eigenvalue weighted by Crippen LogP contribution is 2.47. The molecule has 35 heavy (non-hydrogen) atoms. The molecular weight excluding hydrogens is 485 g/mol. The van der Waals surface area contributed by atoms with Crippen LogP contribution in [0.1, 0.15) is 12.8 Å². The zero-order valence-electron chi connectivity index (χ0n) is 18.7. The summed E-state index contributed by atoms with van der Waals surface area (Å²) in [5.41, 5.74) is 8.03. The first kappa shape index (κ1) is 23.5. The molecule has 186 valence electrons. The van der Waals surface area contributed by atoms with Crippen molar-refractivity contribution in [3.8, 4) is 0 Å². The maximum atomic E-state index is 13.4. The number of nitrogens with zero attached hydrogens (tertiary/aromatic N) is 5. The van der Waals surface area contributed by atoms with Gasteiger partial charge in [0.2, 0.25) is 5.84 Å². The number of nitrogens with two attached hydrogens (primary N) is 1. The van der Waals surface area contributed by atoms with Crippen LogP contribution in [0.3, 0.4) is 0 Å². The number of amides is 2. The molecule has 0 unspecified atom stereocenters. The number of carbonyl (C=O) groups excluding carboxylic acids is 1. The Morgan fingerprint density at radius 3 is 2.57 bits per heavy atom. The monoisotopic (exact) mass is 508 g/mol. The van der Waals surface area contributed by atoms with E-state index in [2.05, 4.69) is 9.88 Å². The van der Waals surface area contributed by atoms with E-state index in [0.717, 1.165) is 29.4 Å². The number of pyridine rings is 1. The van der Waals surface area contributed by atoms with E-state index in [4.69, 9.17) is 28.2 Å². The van der Waals surface area contributed by atoms with Crippen molar-refractivity contribution in [3.63, 3.8) is 0 Å². The molecule has 3 fully saturated rings. The van der Waals surface area contributed by atoms with E-state index in [1.807, 2.05) is 12.1 Å². The molecule has 9 nitrogen and oxygen atoms in total. The van der Waals surface area contributed by atoms with Crippen LogP contribution in [0.5, 0.6) is 0 Å². The second kappa shape index (κ2) is 8.14. The van der Waals surface area contributed by atoms with Crippen LogP contribution >= 0.6 is 11.6 Å². The van der Waals surface area contributed by atoms with Crippen LogP contribution < -0.4 is 10.6 Å². The van der Waals surface area contributed by atoms with Crippen molar-refractivity contribution in [2.45, 2.75) is 24.6 Å². The average Bonchev–Trinajstić information content (AvgIpc) is 3.56. The van der Waals surface area contributed by atoms with Crippen LogP contribution in [-0.2, 0) is 0 Å². The molecule has 0 atom stereocenters. The molecule has 2 aromatic rings. The Labute approximate surface area is 204 Å². The lowest BCUT2D eigenvalue weighted by molar-refractivity contribution is -0.0675. The minimum absolute atomic E-state index is 0.0103. The van der Waals surface area contributed by atoms with Gasteiger partial charge in [-0.15, -0.1) is 0 Å². The number of rotatable bonds is 1. The van der Waals surface area contributed by atoms with Crippen LogP contribution in [0, 0.1) is 10.8 Å². The first-order chi connectivity index (χ1) is 16.5. The van der Waals surface area contributed by atoms with Gasteiger partial charge in [0.1, 0.15) is 5.84 Å². The number of nitrogen functional groups attached to an aromatic ring is 1. The predicted octanol–water partition coefficient (Wildman–Crippen LogP) is 3.38. The fraction of sp³-hybridized carbons (Fsp3) is 0.455. The summed E-state index contributed by atoms with van der Waals surface area (Å²) >= 11 is 6.23. The molecule has 2 aliphatic heterocycles. The van der Waals surface area contributed by atoms with Crippen molar-refractivity contribution in [1.82, 2.24) is 19.7 Å². The number of piperazine rings is 2. The number of alkyl halides is 3. The number of urea groups is 1. The van der Waals surface area contributed by atoms with Crippen molar-refractivity contribution in [2.24, 2.45) is 0 Å². The van der Waals surface area contributed by atoms with E-state index in [0.29, 0.717) is 35.2 Å². The highest BCUT2D eigenvalue weighted by atomic mass is 35.5. The smallest absolute Gasteiger partial charge is 0.396 e. The van der Waals surface area contributed by atoms with Crippen LogP contribution in [-0.4, -0.2) is 88.4 Å². The molecule has 1 aromatic heterocycles. The van der Waals surface area contributed by atoms with Gasteiger partial charge in [0, 0.05) is 43.1 Å². The van der Waals surface area contributed by atoms with Gasteiger partial charge in [0.05, 0.1) is 35.2 Å². The van der Waals surface area contributed by atoms with E-state index in [-0.39, 0.29) is 25.7 Å². The number of anilines is 2. The summed E-state index contributed by atoms with van der Waals surface area (Å²) in [5, 5.41) is 16.7. The Hall–Kier alpha value is -3.28. The number of nitrogens with one attached hydrogen (secondary N) is 2. The number of halogens is 4. The molecule has 1 aromatic carbocycles. The molecule has 0 bridgehead atoms. The minimum Gasteiger partial charge on any atom is -0.396 e. The maximum absolute atomic E-state index is 13.4. The molecule has 3 heterocycles. The van der Waals surface area contributed by atoms with Gasteiger partial charge in [-0.25, -0.2) is 4.79 Å². The van der Waals surface area contributed by atoms with Gasteiger partial charge in [0.25, 0.3) is 0 Å². The van der Waals surface area contributed by atoms with Crippen LogP contribution in [0.2, 0.25) is 5.02 Å². The van der Waals surface area contributed by atoms with Gasteiger partial charge >= 0.3 is 12.2 Å². The fourth-order valence-corrected chi connectivity index (χ4v) is 5.17. The topological polar surface area (TPSA) is 117 Å². The molecule has 4 N–H and O–H groups in total. The van der Waals surface area contributed by atoms with Gasteiger partial charge in [-0.1, -0.05) is 11.6 Å². The van der Waals surface area contributed by atoms with Gasteiger partial charge in [0.15, 0.2) is 0 Å². The molecule has 13 heteroatoms. The summed E-state index contributed by atoms with van der Waals surface area (Å²) in [6.07, 6.45) is -1.62. The molecule has 1 aliphatic carbocycles. The van der Waals surface area contributed by atoms with Gasteiger partial charge < -0.3 is 25.3 Å². The number of fused-ring (bicyclic) bond motifs is 1. The van der Waals surface area contributed by atoms with Crippen molar-refractivity contribution in [2.75, 3.05) is 49.9 Å². The quantitative estimate of drug-likeness (QED) is 0.403. The van der Waals surface area contributed by atoms with Crippen LogP contribution in [0.15, 0.2) is 24.4 Å². The highest BCUT2D eigenvalue weighted by Gasteiger charge is 2.54. The zero-order valence-corrected chi connectivity index (χ0v) is 19.5. The van der Waals surface area contributed by atoms with Gasteiger partial charge in [-0.3, -0.25) is 15.8 Å². The van der Waals surface area contributed by atoms with E-state index < -0.39 is 23.4 Å². The van der Waals surface area contributed by atoms with Crippen LogP contribution in [0.25, 0.3) is 10.9 Å². The SMILES string of the molecule is N=C1CN(C(=O)N2CCN(c3c(N)cnc4ccc(Cl)cc34)CC23CC3)CCN1C(=N)C(F)(F)F. The molecule has 3 aliphatic rings. The molecule has 5 rings (SSSR count). The lowest BCUT2D eigenvalue weighted by Crippen LogP contribution is -2.63. The van der Waals surface area contributed by atoms with E-state index in [1.165, 1.54) is 4.90 Å². The molecule has 2 saturated heterocycles. The number of hydrogen-bond donors (Lipinski definition) is 3. The number of amidine groups is 2. The molecule has 0 radical (unpaired) electrons. The summed E-state index contributed by atoms with van der Waals surface area (Å²) < 4.78 is 38.7. The van der Waals surface area contributed by atoms with Crippen molar-refractivity contribution in [3.05, 3.63) is 29.4 Å². The van der Waals surface area contributed by atoms with E-state index in [9.17, 15) is 18.0 Å². The number of benzene rings is 1. The largest absolute Gasteiger partial charge is 0.449 e. The van der Waals surface area contributed by atoms with Gasteiger partial charge in [-0.05, 0) is 31.0 Å². The third-order valence-corrected chi connectivity index (χ3v) is 7.16. The third-order valence-electron chi connectivity index (χ3n) is 6.92.